The molecule has 2 saturated carbocycles. The van der Waals surface area contributed by atoms with Gasteiger partial charge in [-0.25, -0.2) is 0 Å². The van der Waals surface area contributed by atoms with Crippen molar-refractivity contribution in [3.63, 3.8) is 0 Å². The summed E-state index contributed by atoms with van der Waals surface area (Å²) < 4.78 is 0. The second-order valence-corrected chi connectivity index (χ2v) is 17.5. The fourth-order valence-corrected chi connectivity index (χ4v) is 14.4. The SMILES string of the molecule is C[C@H](C1=C(c2ccccc2CP(c2ccccc2)c2ccccc2)CC=C1)P(C1CCCCC1)C1CCCCC1. The summed E-state index contributed by atoms with van der Waals surface area (Å²) in [6, 6.07) is 31.9. The van der Waals surface area contributed by atoms with Crippen molar-refractivity contribution in [2.24, 2.45) is 0 Å². The fourth-order valence-electron chi connectivity index (χ4n) is 7.70. The lowest BCUT2D eigenvalue weighted by molar-refractivity contribution is 0.482. The molecular weight excluding hydrogens is 518 g/mol. The Kier molecular flexibility index (Phi) is 9.69. The van der Waals surface area contributed by atoms with Crippen LogP contribution in [0.2, 0.25) is 0 Å². The Hall–Kier alpha value is -2.00. The molecular formula is C38H46P2. The summed E-state index contributed by atoms with van der Waals surface area (Å²) in [6.45, 7) is 2.64. The van der Waals surface area contributed by atoms with Crippen molar-refractivity contribution in [3.05, 3.63) is 114 Å². The van der Waals surface area contributed by atoms with Gasteiger partial charge in [-0.2, -0.15) is 0 Å². The third-order valence-electron chi connectivity index (χ3n) is 9.66. The maximum absolute atomic E-state index is 2.64. The van der Waals surface area contributed by atoms with E-state index in [2.05, 4.69) is 104 Å². The van der Waals surface area contributed by atoms with Gasteiger partial charge >= 0.3 is 0 Å². The maximum atomic E-state index is 2.64. The molecule has 3 aliphatic rings. The normalized spacial score (nSPS) is 19.6. The number of benzene rings is 3. The van der Waals surface area contributed by atoms with Gasteiger partial charge in [-0.3, -0.25) is 0 Å². The van der Waals surface area contributed by atoms with E-state index in [4.69, 9.17) is 0 Å². The molecule has 0 amide bonds. The Bertz CT molecular complexity index is 1220. The highest BCUT2D eigenvalue weighted by atomic mass is 31.1. The van der Waals surface area contributed by atoms with E-state index in [1.165, 1.54) is 85.9 Å². The van der Waals surface area contributed by atoms with Gasteiger partial charge in [0, 0.05) is 11.8 Å². The standard InChI is InChI=1S/C38H46P2/c1-30(40(34-22-10-4-11-23-34)35-24-12-5-13-25-35)36-27-16-28-38(36)37-26-15-14-17-31(37)29-39(32-18-6-2-7-19-32)33-20-8-3-9-21-33/h2-3,6-9,14-21,26-27,30,34-35H,4-5,10-13,22-25,28-29H2,1H3/t30-/m1/s1. The number of hydrogen-bond acceptors (Lipinski definition) is 0. The third-order valence-corrected chi connectivity index (χ3v) is 16.1. The highest BCUT2D eigenvalue weighted by Crippen LogP contribution is 2.61. The van der Waals surface area contributed by atoms with E-state index in [-0.39, 0.29) is 7.92 Å². The van der Waals surface area contributed by atoms with Crippen LogP contribution in [0.1, 0.15) is 88.7 Å². The Morgan fingerprint density at radius 3 is 1.75 bits per heavy atom. The van der Waals surface area contributed by atoms with Crippen molar-refractivity contribution in [1.82, 2.24) is 0 Å². The van der Waals surface area contributed by atoms with Crippen LogP contribution in [0.15, 0.2) is 103 Å². The lowest BCUT2D eigenvalue weighted by Gasteiger charge is -2.42. The summed E-state index contributed by atoms with van der Waals surface area (Å²) in [4.78, 5) is 0. The fraction of sp³-hybridized carbons (Fsp3) is 0.421. The minimum atomic E-state index is -0.459. The molecule has 3 aliphatic carbocycles. The quantitative estimate of drug-likeness (QED) is 0.227. The van der Waals surface area contributed by atoms with Gasteiger partial charge in [0.1, 0.15) is 0 Å². The summed E-state index contributed by atoms with van der Waals surface area (Å²) in [5.74, 6) is 0. The predicted octanol–water partition coefficient (Wildman–Crippen LogP) is 10.6. The van der Waals surface area contributed by atoms with Gasteiger partial charge in [-0.1, -0.05) is 150 Å². The zero-order valence-corrected chi connectivity index (χ0v) is 26.1. The van der Waals surface area contributed by atoms with Gasteiger partial charge in [0.2, 0.25) is 0 Å². The molecule has 2 fully saturated rings. The van der Waals surface area contributed by atoms with Crippen LogP contribution in [-0.4, -0.2) is 17.0 Å². The summed E-state index contributed by atoms with van der Waals surface area (Å²) in [5.41, 5.74) is 9.08. The van der Waals surface area contributed by atoms with Crippen LogP contribution in [0.4, 0.5) is 0 Å². The molecule has 0 aliphatic heterocycles. The maximum Gasteiger partial charge on any atom is 0.00213 e. The summed E-state index contributed by atoms with van der Waals surface area (Å²) in [6.07, 6.45) is 22.0. The number of hydrogen-bond donors (Lipinski definition) is 0. The summed E-state index contributed by atoms with van der Waals surface area (Å²) >= 11 is 0. The van der Waals surface area contributed by atoms with E-state index in [1.807, 2.05) is 0 Å². The van der Waals surface area contributed by atoms with Crippen molar-refractivity contribution in [1.29, 1.82) is 0 Å². The van der Waals surface area contributed by atoms with Crippen LogP contribution >= 0.6 is 15.8 Å². The van der Waals surface area contributed by atoms with Crippen molar-refractivity contribution < 1.29 is 0 Å². The topological polar surface area (TPSA) is 0 Å². The second kappa shape index (κ2) is 13.8. The molecule has 0 radical (unpaired) electrons. The lowest BCUT2D eigenvalue weighted by Crippen LogP contribution is -2.26. The molecule has 3 aromatic rings. The first-order valence-electron chi connectivity index (χ1n) is 15.9. The molecule has 0 heterocycles. The molecule has 0 N–H and O–H groups in total. The highest BCUT2D eigenvalue weighted by molar-refractivity contribution is 7.72. The minimum absolute atomic E-state index is 0.0101. The van der Waals surface area contributed by atoms with Crippen LogP contribution in [0.5, 0.6) is 0 Å². The van der Waals surface area contributed by atoms with Gasteiger partial charge in [0.15, 0.2) is 0 Å². The first kappa shape index (κ1) is 28.1. The van der Waals surface area contributed by atoms with Crippen molar-refractivity contribution in [3.8, 4) is 0 Å². The predicted molar refractivity (Wildman–Crippen MR) is 180 cm³/mol. The molecule has 2 heteroatoms. The van der Waals surface area contributed by atoms with Crippen molar-refractivity contribution >= 4 is 32.0 Å². The zero-order chi connectivity index (χ0) is 27.1. The van der Waals surface area contributed by atoms with E-state index in [1.54, 1.807) is 11.1 Å². The molecule has 3 aromatic carbocycles. The van der Waals surface area contributed by atoms with E-state index < -0.39 is 7.92 Å². The molecule has 0 unspecified atom stereocenters. The Morgan fingerprint density at radius 2 is 1.18 bits per heavy atom. The number of allylic oxidation sites excluding steroid dienone is 4. The van der Waals surface area contributed by atoms with Crippen molar-refractivity contribution in [2.45, 2.75) is 101 Å². The van der Waals surface area contributed by atoms with E-state index >= 15 is 0 Å². The Labute approximate surface area is 245 Å². The minimum Gasteiger partial charge on any atom is -0.0929 e. The van der Waals surface area contributed by atoms with E-state index in [9.17, 15) is 0 Å². The second-order valence-electron chi connectivity index (χ2n) is 12.2. The average molecular weight is 565 g/mol. The van der Waals surface area contributed by atoms with Gasteiger partial charge in [0.25, 0.3) is 0 Å². The van der Waals surface area contributed by atoms with Crippen LogP contribution < -0.4 is 10.6 Å². The molecule has 0 spiro atoms. The Morgan fingerprint density at radius 1 is 0.650 bits per heavy atom. The molecule has 40 heavy (non-hydrogen) atoms. The first-order chi connectivity index (χ1) is 19.8. The van der Waals surface area contributed by atoms with Crippen LogP contribution in [0, 0.1) is 0 Å². The van der Waals surface area contributed by atoms with E-state index in [0.717, 1.165) is 23.9 Å². The summed E-state index contributed by atoms with van der Waals surface area (Å²) in [5, 5.41) is 2.95. The molecule has 1 atom stereocenters. The van der Waals surface area contributed by atoms with Gasteiger partial charge < -0.3 is 0 Å². The number of rotatable bonds is 9. The third kappa shape index (κ3) is 6.40. The molecule has 208 valence electrons. The largest absolute Gasteiger partial charge is 0.0929 e. The van der Waals surface area contributed by atoms with E-state index in [0.29, 0.717) is 5.66 Å². The molecule has 0 saturated heterocycles. The molecule has 0 nitrogen and oxygen atoms in total. The van der Waals surface area contributed by atoms with Crippen LogP contribution in [0.25, 0.3) is 5.57 Å². The average Bonchev–Trinajstić information content (AvgIpc) is 3.52. The Balaban J connectivity index is 1.35. The molecule has 0 aromatic heterocycles. The molecule has 6 rings (SSSR count). The summed E-state index contributed by atoms with van der Waals surface area (Å²) in [7, 11) is -0.449. The highest BCUT2D eigenvalue weighted by Gasteiger charge is 2.36. The first-order valence-corrected chi connectivity index (χ1v) is 19.0. The van der Waals surface area contributed by atoms with Gasteiger partial charge in [-0.05, 0) is 84.2 Å². The molecule has 0 bridgehead atoms. The smallest absolute Gasteiger partial charge is 0.00213 e. The van der Waals surface area contributed by atoms with Gasteiger partial charge in [-0.15, -0.1) is 0 Å². The monoisotopic (exact) mass is 564 g/mol. The lowest BCUT2D eigenvalue weighted by atomic mass is 9.96. The van der Waals surface area contributed by atoms with Gasteiger partial charge in [0.05, 0.1) is 0 Å². The van der Waals surface area contributed by atoms with Crippen molar-refractivity contribution in [2.75, 3.05) is 0 Å². The van der Waals surface area contributed by atoms with Crippen LogP contribution in [0.3, 0.4) is 0 Å². The van der Waals surface area contributed by atoms with Crippen LogP contribution in [-0.2, 0) is 6.16 Å². The zero-order valence-electron chi connectivity index (χ0n) is 24.3.